The van der Waals surface area contributed by atoms with Gasteiger partial charge in [-0.1, -0.05) is 42.5 Å². The summed E-state index contributed by atoms with van der Waals surface area (Å²) >= 11 is 0. The molecule has 0 saturated heterocycles. The van der Waals surface area contributed by atoms with Crippen molar-refractivity contribution in [2.75, 3.05) is 13.1 Å². The summed E-state index contributed by atoms with van der Waals surface area (Å²) < 4.78 is 0. The van der Waals surface area contributed by atoms with Gasteiger partial charge in [-0.15, -0.1) is 0 Å². The zero-order chi connectivity index (χ0) is 36.8. The van der Waals surface area contributed by atoms with Crippen molar-refractivity contribution >= 4 is 40.4 Å². The van der Waals surface area contributed by atoms with Gasteiger partial charge in [0.1, 0.15) is 23.9 Å². The second-order valence-electron chi connectivity index (χ2n) is 12.5. The number of nitrogens with two attached hydrogens (primary N) is 5. The lowest BCUT2D eigenvalue weighted by Crippen LogP contribution is -2.58. The number of nitrogens with one attached hydrogen (secondary N) is 3. The van der Waals surface area contributed by atoms with Crippen LogP contribution in [-0.2, 0) is 32.0 Å². The number of fused-ring (bicyclic) bond motifs is 1. The molecule has 14 nitrogen and oxygen atoms in total. The van der Waals surface area contributed by atoms with E-state index < -0.39 is 47.8 Å². The fraction of sp³-hybridized carbons (Fsp3) is 0.417. The topological polar surface area (TPSA) is 267 Å². The summed E-state index contributed by atoms with van der Waals surface area (Å²) in [6.07, 6.45) is 2.20. The molecule has 4 atom stereocenters. The normalized spacial score (nSPS) is 13.4. The van der Waals surface area contributed by atoms with Crippen LogP contribution in [0.2, 0.25) is 0 Å². The van der Waals surface area contributed by atoms with E-state index in [1.54, 1.807) is 26.0 Å². The molecule has 0 aliphatic rings. The first-order valence-corrected chi connectivity index (χ1v) is 16.8. The van der Waals surface area contributed by atoms with Crippen molar-refractivity contribution in [2.24, 2.45) is 33.7 Å². The first kappa shape index (κ1) is 39.2. The van der Waals surface area contributed by atoms with Crippen molar-refractivity contribution in [1.82, 2.24) is 16.0 Å². The standard InChI is InChI=1S/C36H51N9O5/c1-21-17-25(46)18-22(2)27(21)20-31(45-33(48)28(38)13-8-16-42-36(40)41)35(50)43-29(14-5-6-15-37)34(49)44-30(32(39)47)19-24-11-7-10-23-9-3-4-12-26(23)24/h3-4,7,9-12,17-18,28-31,46H,5-6,8,13-16,19-20,37-38H2,1-2H3,(H2,39,47)(H,43,50)(H,44,49)(H,45,48)(H4,40,41,42)/t28-,29+,30+,31+/m1/s1. The molecule has 0 spiro atoms. The highest BCUT2D eigenvalue weighted by atomic mass is 16.3. The molecule has 0 heterocycles. The van der Waals surface area contributed by atoms with Gasteiger partial charge in [-0.3, -0.25) is 24.2 Å². The molecule has 0 aromatic heterocycles. The van der Waals surface area contributed by atoms with E-state index in [-0.39, 0.29) is 43.9 Å². The smallest absolute Gasteiger partial charge is 0.243 e. The van der Waals surface area contributed by atoms with Gasteiger partial charge in [-0.2, -0.15) is 0 Å². The average molecular weight is 690 g/mol. The van der Waals surface area contributed by atoms with Crippen LogP contribution in [0.3, 0.4) is 0 Å². The highest BCUT2D eigenvalue weighted by Crippen LogP contribution is 2.23. The summed E-state index contributed by atoms with van der Waals surface area (Å²) in [6, 6.07) is 12.3. The van der Waals surface area contributed by atoms with Gasteiger partial charge >= 0.3 is 0 Å². The number of hydrogen-bond acceptors (Lipinski definition) is 8. The van der Waals surface area contributed by atoms with E-state index in [4.69, 9.17) is 28.7 Å². The molecule has 0 bridgehead atoms. The Labute approximate surface area is 292 Å². The molecule has 270 valence electrons. The molecule has 0 aliphatic heterocycles. The van der Waals surface area contributed by atoms with Gasteiger partial charge in [0, 0.05) is 19.4 Å². The lowest BCUT2D eigenvalue weighted by atomic mass is 9.95. The van der Waals surface area contributed by atoms with Gasteiger partial charge in [-0.05, 0) is 97.7 Å². The summed E-state index contributed by atoms with van der Waals surface area (Å²) in [7, 11) is 0. The SMILES string of the molecule is Cc1cc(O)cc(C)c1C[C@H](NC(=O)[C@H](N)CCCN=C(N)N)C(=O)N[C@@H](CCCCN)C(=O)N[C@@H](Cc1cccc2ccccc12)C(N)=O. The quantitative estimate of drug-likeness (QED) is 0.0478. The number of rotatable bonds is 19. The van der Waals surface area contributed by atoms with E-state index in [0.29, 0.717) is 36.9 Å². The summed E-state index contributed by atoms with van der Waals surface area (Å²) in [5.74, 6) is -2.53. The number of phenolic OH excluding ortho intramolecular Hbond substituents is 1. The van der Waals surface area contributed by atoms with Crippen LogP contribution in [0.1, 0.15) is 54.4 Å². The van der Waals surface area contributed by atoms with E-state index in [1.807, 2.05) is 42.5 Å². The van der Waals surface area contributed by atoms with Crippen LogP contribution in [0.15, 0.2) is 59.6 Å². The minimum absolute atomic E-state index is 0.0539. The van der Waals surface area contributed by atoms with Gasteiger partial charge in [0.25, 0.3) is 0 Å². The molecule has 14 heteroatoms. The number of aliphatic imine (C=N–C) groups is 1. The summed E-state index contributed by atoms with van der Waals surface area (Å²) in [5, 5.41) is 20.3. The van der Waals surface area contributed by atoms with Crippen molar-refractivity contribution in [2.45, 2.75) is 83.0 Å². The number of hydrogen-bond donors (Lipinski definition) is 9. The molecule has 3 rings (SSSR count). The van der Waals surface area contributed by atoms with Gasteiger partial charge < -0.3 is 49.7 Å². The summed E-state index contributed by atoms with van der Waals surface area (Å²) in [6.45, 7) is 4.24. The van der Waals surface area contributed by atoms with Crippen molar-refractivity contribution in [3.63, 3.8) is 0 Å². The molecule has 4 amide bonds. The maximum absolute atomic E-state index is 14.0. The van der Waals surface area contributed by atoms with Crippen LogP contribution in [0, 0.1) is 13.8 Å². The minimum atomic E-state index is -1.14. The van der Waals surface area contributed by atoms with E-state index in [1.165, 1.54) is 0 Å². The first-order valence-electron chi connectivity index (χ1n) is 16.8. The van der Waals surface area contributed by atoms with Crippen LogP contribution in [-0.4, -0.2) is 72.0 Å². The van der Waals surface area contributed by atoms with Crippen molar-refractivity contribution < 1.29 is 24.3 Å². The Morgan fingerprint density at radius 2 is 1.38 bits per heavy atom. The van der Waals surface area contributed by atoms with Crippen LogP contribution < -0.4 is 44.6 Å². The fourth-order valence-corrected chi connectivity index (χ4v) is 5.85. The Bertz CT molecular complexity index is 1650. The number of amides is 4. The first-order chi connectivity index (χ1) is 23.8. The second-order valence-corrected chi connectivity index (χ2v) is 12.5. The molecule has 50 heavy (non-hydrogen) atoms. The molecule has 3 aromatic carbocycles. The third-order valence-corrected chi connectivity index (χ3v) is 8.57. The molecule has 14 N–H and O–H groups in total. The Morgan fingerprint density at radius 1 is 0.760 bits per heavy atom. The van der Waals surface area contributed by atoms with Gasteiger partial charge in [-0.25, -0.2) is 0 Å². The largest absolute Gasteiger partial charge is 0.508 e. The zero-order valence-electron chi connectivity index (χ0n) is 28.8. The van der Waals surface area contributed by atoms with Crippen LogP contribution >= 0.6 is 0 Å². The number of benzene rings is 3. The number of unbranched alkanes of at least 4 members (excludes halogenated alkanes) is 1. The lowest BCUT2D eigenvalue weighted by Gasteiger charge is -2.26. The van der Waals surface area contributed by atoms with E-state index in [2.05, 4.69) is 20.9 Å². The Hall–Kier alpha value is -5.21. The fourth-order valence-electron chi connectivity index (χ4n) is 5.85. The maximum Gasteiger partial charge on any atom is 0.243 e. The number of nitrogens with zero attached hydrogens (tertiary/aromatic N) is 1. The molecule has 0 fully saturated rings. The number of phenols is 1. The number of carbonyl (C=O) groups is 4. The summed E-state index contributed by atoms with van der Waals surface area (Å²) in [5.41, 5.74) is 31.4. The van der Waals surface area contributed by atoms with Crippen molar-refractivity contribution in [3.8, 4) is 5.75 Å². The van der Waals surface area contributed by atoms with Crippen LogP contribution in [0.5, 0.6) is 5.75 Å². The lowest BCUT2D eigenvalue weighted by molar-refractivity contribution is -0.133. The Balaban J connectivity index is 1.85. The van der Waals surface area contributed by atoms with E-state index in [9.17, 15) is 24.3 Å². The zero-order valence-corrected chi connectivity index (χ0v) is 28.8. The highest BCUT2D eigenvalue weighted by Gasteiger charge is 2.31. The molecule has 0 saturated carbocycles. The molecular weight excluding hydrogens is 638 g/mol. The van der Waals surface area contributed by atoms with Crippen molar-refractivity contribution in [3.05, 3.63) is 76.9 Å². The summed E-state index contributed by atoms with van der Waals surface area (Å²) in [4.78, 5) is 57.5. The van der Waals surface area contributed by atoms with Crippen molar-refractivity contribution in [1.29, 1.82) is 0 Å². The number of guanidine groups is 1. The van der Waals surface area contributed by atoms with Gasteiger partial charge in [0.2, 0.25) is 23.6 Å². The molecular formula is C36H51N9O5. The van der Waals surface area contributed by atoms with Crippen LogP contribution in [0.25, 0.3) is 10.8 Å². The number of aryl methyl sites for hydroxylation is 2. The molecule has 0 aliphatic carbocycles. The second kappa shape index (κ2) is 19.1. The molecule has 0 unspecified atom stereocenters. The third-order valence-electron chi connectivity index (χ3n) is 8.57. The predicted molar refractivity (Wildman–Crippen MR) is 195 cm³/mol. The Kier molecular flexibility index (Phi) is 15.0. The maximum atomic E-state index is 14.0. The van der Waals surface area contributed by atoms with Gasteiger partial charge in [0.05, 0.1) is 6.04 Å². The number of primary amides is 1. The predicted octanol–water partition coefficient (Wildman–Crippen LogP) is 0.397. The van der Waals surface area contributed by atoms with Crippen LogP contribution in [0.4, 0.5) is 0 Å². The minimum Gasteiger partial charge on any atom is -0.508 e. The van der Waals surface area contributed by atoms with Gasteiger partial charge in [0.15, 0.2) is 5.96 Å². The highest BCUT2D eigenvalue weighted by molar-refractivity contribution is 5.95. The average Bonchev–Trinajstić information content (AvgIpc) is 3.06. The molecule has 0 radical (unpaired) electrons. The third kappa shape index (κ3) is 11.7. The number of aromatic hydroxyl groups is 1. The Morgan fingerprint density at radius 3 is 2.04 bits per heavy atom. The number of carbonyl (C=O) groups excluding carboxylic acids is 4. The van der Waals surface area contributed by atoms with E-state index in [0.717, 1.165) is 21.9 Å². The molecule has 3 aromatic rings. The monoisotopic (exact) mass is 689 g/mol. The van der Waals surface area contributed by atoms with E-state index >= 15 is 0 Å².